The van der Waals surface area contributed by atoms with E-state index in [2.05, 4.69) is 15.5 Å². The summed E-state index contributed by atoms with van der Waals surface area (Å²) in [6.45, 7) is 3.96. The highest BCUT2D eigenvalue weighted by Gasteiger charge is 2.16. The van der Waals surface area contributed by atoms with Crippen LogP contribution in [0, 0.1) is 6.92 Å². The zero-order valence-corrected chi connectivity index (χ0v) is 17.8. The number of aryl methyl sites for hydroxylation is 1. The monoisotopic (exact) mass is 428 g/mol. The number of amides is 1. The molecule has 0 aliphatic heterocycles. The van der Waals surface area contributed by atoms with Gasteiger partial charge in [0, 0.05) is 36.2 Å². The molecule has 3 aromatic rings. The number of ketones is 1. The van der Waals surface area contributed by atoms with E-state index in [0.29, 0.717) is 28.7 Å². The van der Waals surface area contributed by atoms with Gasteiger partial charge >= 0.3 is 0 Å². The maximum Gasteiger partial charge on any atom is 0.216 e. The number of carbonyl (C=O) groups excluding carboxylic acids is 2. The van der Waals surface area contributed by atoms with Gasteiger partial charge in [-0.3, -0.25) is 14.2 Å². The minimum atomic E-state index is -0.0882. The Morgan fingerprint density at radius 3 is 2.59 bits per heavy atom. The number of thioether (sulfide) groups is 1. The second kappa shape index (κ2) is 9.71. The number of carbonyl (C=O) groups is 2. The minimum absolute atomic E-state index is 0.00902. The average Bonchev–Trinajstić information content (AvgIpc) is 3.09. The van der Waals surface area contributed by atoms with Crippen molar-refractivity contribution in [2.45, 2.75) is 25.4 Å². The van der Waals surface area contributed by atoms with Gasteiger partial charge in [0.25, 0.3) is 0 Å². The minimum Gasteiger partial charge on any atom is -0.356 e. The van der Waals surface area contributed by atoms with Crippen LogP contribution in [-0.2, 0) is 11.2 Å². The van der Waals surface area contributed by atoms with Crippen LogP contribution in [0.2, 0.25) is 5.02 Å². The van der Waals surface area contributed by atoms with Crippen molar-refractivity contribution >= 4 is 35.1 Å². The standard InChI is InChI=1S/C21H21ClN4O2S/c1-14-4-3-5-18(12-14)26-20(10-11-23-15(2)27)24-25-21(26)29-13-19(28)16-6-8-17(22)9-7-16/h3-9,12H,10-11,13H2,1-2H3,(H,23,27). The Kier molecular flexibility index (Phi) is 7.06. The molecule has 0 radical (unpaired) electrons. The highest BCUT2D eigenvalue weighted by Crippen LogP contribution is 2.24. The summed E-state index contributed by atoms with van der Waals surface area (Å²) in [7, 11) is 0. The molecule has 0 bridgehead atoms. The van der Waals surface area contributed by atoms with E-state index in [0.717, 1.165) is 17.1 Å². The molecule has 0 unspecified atom stereocenters. The van der Waals surface area contributed by atoms with Gasteiger partial charge in [-0.05, 0) is 48.9 Å². The number of nitrogens with one attached hydrogen (secondary N) is 1. The van der Waals surface area contributed by atoms with Gasteiger partial charge in [0.1, 0.15) is 5.82 Å². The third kappa shape index (κ3) is 5.68. The Hall–Kier alpha value is -2.64. The van der Waals surface area contributed by atoms with Crippen LogP contribution < -0.4 is 5.32 Å². The molecule has 0 saturated heterocycles. The zero-order chi connectivity index (χ0) is 20.8. The summed E-state index contributed by atoms with van der Waals surface area (Å²) < 4.78 is 1.94. The van der Waals surface area contributed by atoms with Gasteiger partial charge in [0.15, 0.2) is 10.9 Å². The van der Waals surface area contributed by atoms with E-state index in [1.165, 1.54) is 18.7 Å². The molecule has 2 aromatic carbocycles. The van der Waals surface area contributed by atoms with Gasteiger partial charge in [0.05, 0.1) is 5.75 Å². The lowest BCUT2D eigenvalue weighted by Gasteiger charge is -2.11. The fourth-order valence-corrected chi connectivity index (χ4v) is 3.77. The highest BCUT2D eigenvalue weighted by molar-refractivity contribution is 7.99. The number of Topliss-reactive ketones (excluding diaryl/α,β-unsaturated/α-hetero) is 1. The second-order valence-electron chi connectivity index (χ2n) is 6.52. The third-order valence-corrected chi connectivity index (χ3v) is 5.36. The molecule has 0 spiro atoms. The van der Waals surface area contributed by atoms with Crippen molar-refractivity contribution in [2.75, 3.05) is 12.3 Å². The quantitative estimate of drug-likeness (QED) is 0.435. The molecule has 150 valence electrons. The Labute approximate surface area is 178 Å². The first-order valence-corrected chi connectivity index (χ1v) is 10.5. The first-order valence-electron chi connectivity index (χ1n) is 9.11. The molecule has 0 fully saturated rings. The Morgan fingerprint density at radius 2 is 1.90 bits per heavy atom. The summed E-state index contributed by atoms with van der Waals surface area (Å²) in [6.07, 6.45) is 0.534. The summed E-state index contributed by atoms with van der Waals surface area (Å²) in [5, 5.41) is 12.6. The lowest BCUT2D eigenvalue weighted by molar-refractivity contribution is -0.118. The fourth-order valence-electron chi connectivity index (χ4n) is 2.78. The van der Waals surface area contributed by atoms with Crippen LogP contribution >= 0.6 is 23.4 Å². The lowest BCUT2D eigenvalue weighted by atomic mass is 10.1. The largest absolute Gasteiger partial charge is 0.356 e. The third-order valence-electron chi connectivity index (χ3n) is 4.18. The number of halogens is 1. The molecule has 1 heterocycles. The van der Waals surface area contributed by atoms with Crippen molar-refractivity contribution in [2.24, 2.45) is 0 Å². The van der Waals surface area contributed by atoms with E-state index < -0.39 is 0 Å². The number of nitrogens with zero attached hydrogens (tertiary/aromatic N) is 3. The van der Waals surface area contributed by atoms with Crippen LogP contribution in [0.1, 0.15) is 28.7 Å². The molecular weight excluding hydrogens is 408 g/mol. The summed E-state index contributed by atoms with van der Waals surface area (Å²) in [5.41, 5.74) is 2.64. The van der Waals surface area contributed by atoms with Crippen LogP contribution in [0.15, 0.2) is 53.7 Å². The van der Waals surface area contributed by atoms with Crippen molar-refractivity contribution in [3.05, 3.63) is 70.5 Å². The number of hydrogen-bond donors (Lipinski definition) is 1. The number of benzene rings is 2. The average molecular weight is 429 g/mol. The Balaban J connectivity index is 1.81. The molecule has 1 N–H and O–H groups in total. The van der Waals surface area contributed by atoms with Crippen molar-refractivity contribution in [3.8, 4) is 5.69 Å². The molecule has 0 aliphatic carbocycles. The summed E-state index contributed by atoms with van der Waals surface area (Å²) >= 11 is 7.23. The van der Waals surface area contributed by atoms with Crippen molar-refractivity contribution in [3.63, 3.8) is 0 Å². The van der Waals surface area contributed by atoms with E-state index in [9.17, 15) is 9.59 Å². The summed E-state index contributed by atoms with van der Waals surface area (Å²) in [5.74, 6) is 0.864. The molecule has 0 saturated carbocycles. The number of hydrogen-bond acceptors (Lipinski definition) is 5. The molecule has 1 aromatic heterocycles. The van der Waals surface area contributed by atoms with Gasteiger partial charge < -0.3 is 5.32 Å². The van der Waals surface area contributed by atoms with Gasteiger partial charge in [-0.2, -0.15) is 0 Å². The van der Waals surface area contributed by atoms with Gasteiger partial charge in [-0.15, -0.1) is 10.2 Å². The fraction of sp³-hybridized carbons (Fsp3) is 0.238. The van der Waals surface area contributed by atoms with Crippen molar-refractivity contribution < 1.29 is 9.59 Å². The van der Waals surface area contributed by atoms with Crippen LogP contribution in [0.4, 0.5) is 0 Å². The first kappa shape index (κ1) is 21.1. The Morgan fingerprint density at radius 1 is 1.14 bits per heavy atom. The summed E-state index contributed by atoms with van der Waals surface area (Å²) in [4.78, 5) is 23.7. The van der Waals surface area contributed by atoms with E-state index >= 15 is 0 Å². The molecule has 1 amide bonds. The maximum absolute atomic E-state index is 12.5. The van der Waals surface area contributed by atoms with Crippen LogP contribution in [0.5, 0.6) is 0 Å². The van der Waals surface area contributed by atoms with Gasteiger partial charge in [-0.25, -0.2) is 0 Å². The van der Waals surface area contributed by atoms with E-state index in [1.54, 1.807) is 24.3 Å². The van der Waals surface area contributed by atoms with E-state index in [-0.39, 0.29) is 17.4 Å². The lowest BCUT2D eigenvalue weighted by Crippen LogP contribution is -2.23. The van der Waals surface area contributed by atoms with E-state index in [1.807, 2.05) is 35.8 Å². The van der Waals surface area contributed by atoms with Gasteiger partial charge in [0.2, 0.25) is 5.91 Å². The van der Waals surface area contributed by atoms with Crippen LogP contribution in [0.3, 0.4) is 0 Å². The maximum atomic E-state index is 12.5. The zero-order valence-electron chi connectivity index (χ0n) is 16.2. The second-order valence-corrected chi connectivity index (χ2v) is 7.90. The van der Waals surface area contributed by atoms with Crippen LogP contribution in [0.25, 0.3) is 5.69 Å². The molecule has 6 nitrogen and oxygen atoms in total. The molecule has 0 atom stereocenters. The molecule has 3 rings (SSSR count). The van der Waals surface area contributed by atoms with Crippen molar-refractivity contribution in [1.29, 1.82) is 0 Å². The first-order chi connectivity index (χ1) is 13.9. The van der Waals surface area contributed by atoms with E-state index in [4.69, 9.17) is 11.6 Å². The summed E-state index contributed by atoms with van der Waals surface area (Å²) in [6, 6.07) is 14.8. The SMILES string of the molecule is CC(=O)NCCc1nnc(SCC(=O)c2ccc(Cl)cc2)n1-c1cccc(C)c1. The Bertz CT molecular complexity index is 1020. The highest BCUT2D eigenvalue weighted by atomic mass is 35.5. The normalized spacial score (nSPS) is 10.7. The number of aromatic nitrogens is 3. The topological polar surface area (TPSA) is 76.9 Å². The molecule has 0 aliphatic rings. The molecule has 8 heteroatoms. The smallest absolute Gasteiger partial charge is 0.216 e. The molecular formula is C21H21ClN4O2S. The van der Waals surface area contributed by atoms with Crippen LogP contribution in [-0.4, -0.2) is 38.8 Å². The number of rotatable bonds is 8. The van der Waals surface area contributed by atoms with Crippen molar-refractivity contribution in [1.82, 2.24) is 20.1 Å². The van der Waals surface area contributed by atoms with Gasteiger partial charge in [-0.1, -0.05) is 35.5 Å². The predicted molar refractivity (Wildman–Crippen MR) is 115 cm³/mol. The predicted octanol–water partition coefficient (Wildman–Crippen LogP) is 3.88. The molecule has 29 heavy (non-hydrogen) atoms.